The Bertz CT molecular complexity index is 1310. The largest absolute Gasteiger partial charge is 0.493 e. The van der Waals surface area contributed by atoms with Gasteiger partial charge in [-0.15, -0.1) is 11.3 Å². The number of hydrogen-bond acceptors (Lipinski definition) is 6. The average molecular weight is 544 g/mol. The highest BCUT2D eigenvalue weighted by Gasteiger charge is 2.27. The van der Waals surface area contributed by atoms with Crippen LogP contribution in [0.5, 0.6) is 11.5 Å². The summed E-state index contributed by atoms with van der Waals surface area (Å²) in [5, 5.41) is 6.96. The number of amides is 2. The topological polar surface area (TPSA) is 103 Å². The minimum absolute atomic E-state index is 0.0798. The molecule has 0 spiro atoms. The minimum atomic E-state index is -0.502. The number of rotatable bonds is 7. The van der Waals surface area contributed by atoms with Crippen molar-refractivity contribution < 1.29 is 19.1 Å². The van der Waals surface area contributed by atoms with Gasteiger partial charge >= 0.3 is 0 Å². The monoisotopic (exact) mass is 543 g/mol. The predicted octanol–water partition coefficient (Wildman–Crippen LogP) is 5.34. The summed E-state index contributed by atoms with van der Waals surface area (Å²) in [7, 11) is 1.50. The molecule has 0 fully saturated rings. The maximum atomic E-state index is 12.9. The van der Waals surface area contributed by atoms with Crippen LogP contribution in [0.4, 0.5) is 5.00 Å². The number of methoxy groups -OCH3 is 1. The van der Waals surface area contributed by atoms with E-state index in [0.29, 0.717) is 45.2 Å². The Labute approximate surface area is 223 Å². The fraction of sp³-hybridized carbons (Fsp3) is 0.269. The summed E-state index contributed by atoms with van der Waals surface area (Å²) in [6.45, 7) is 2.51. The van der Waals surface area contributed by atoms with E-state index < -0.39 is 11.8 Å². The first-order chi connectivity index (χ1) is 17.2. The van der Waals surface area contributed by atoms with Gasteiger partial charge in [0.05, 0.1) is 12.7 Å². The first-order valence-corrected chi connectivity index (χ1v) is 13.0. The highest BCUT2D eigenvalue weighted by atomic mass is 35.5. The number of hydrogen-bond donors (Lipinski definition) is 3. The second-order valence-electron chi connectivity index (χ2n) is 8.61. The summed E-state index contributed by atoms with van der Waals surface area (Å²) in [4.78, 5) is 26.1. The summed E-state index contributed by atoms with van der Waals surface area (Å²) in [6.07, 6.45) is 2.71. The molecule has 0 unspecified atom stereocenters. The standard InChI is InChI=1S/C26H26ClN3O4S2/c1-14-3-9-18-21(11-14)36-25(22(18)23(28)31)30-26(35)29-24(32)16-6-10-19(20(12-16)33-2)34-13-15-4-7-17(27)8-5-15/h4-8,10,12,14H,3,9,11,13H2,1-2H3,(H2,28,31)(H2,29,30,32,35)/t14-/m1/s1. The van der Waals surface area contributed by atoms with E-state index in [-0.39, 0.29) is 5.11 Å². The summed E-state index contributed by atoms with van der Waals surface area (Å²) in [6, 6.07) is 12.2. The number of thiocarbonyl (C=S) groups is 1. The van der Waals surface area contributed by atoms with Crippen molar-refractivity contribution in [1.82, 2.24) is 5.32 Å². The van der Waals surface area contributed by atoms with Crippen molar-refractivity contribution >= 4 is 57.1 Å². The Balaban J connectivity index is 1.42. The first-order valence-electron chi connectivity index (χ1n) is 11.4. The van der Waals surface area contributed by atoms with Gasteiger partial charge < -0.3 is 20.5 Å². The van der Waals surface area contributed by atoms with Crippen LogP contribution in [-0.4, -0.2) is 24.0 Å². The van der Waals surface area contributed by atoms with Crippen LogP contribution in [-0.2, 0) is 19.4 Å². The van der Waals surface area contributed by atoms with Gasteiger partial charge in [0.1, 0.15) is 11.6 Å². The molecule has 2 amide bonds. The summed E-state index contributed by atoms with van der Waals surface area (Å²) >= 11 is 12.7. The van der Waals surface area contributed by atoms with Gasteiger partial charge in [-0.3, -0.25) is 14.9 Å². The lowest BCUT2D eigenvalue weighted by Crippen LogP contribution is -2.34. The number of nitrogens with one attached hydrogen (secondary N) is 2. The number of halogens is 1. The molecule has 0 aliphatic heterocycles. The molecular formula is C26H26ClN3O4S2. The highest BCUT2D eigenvalue weighted by molar-refractivity contribution is 7.80. The van der Waals surface area contributed by atoms with E-state index in [4.69, 9.17) is 39.0 Å². The highest BCUT2D eigenvalue weighted by Crippen LogP contribution is 2.39. The molecule has 7 nitrogen and oxygen atoms in total. The lowest BCUT2D eigenvalue weighted by molar-refractivity contribution is 0.0975. The molecule has 1 atom stereocenters. The van der Waals surface area contributed by atoms with Crippen molar-refractivity contribution in [2.75, 3.05) is 12.4 Å². The quantitative estimate of drug-likeness (QED) is 0.348. The second kappa shape index (κ2) is 11.3. The molecule has 188 valence electrons. The van der Waals surface area contributed by atoms with E-state index in [1.54, 1.807) is 30.3 Å². The van der Waals surface area contributed by atoms with Gasteiger partial charge in [0.25, 0.3) is 11.8 Å². The Morgan fingerprint density at radius 1 is 1.19 bits per heavy atom. The molecule has 4 rings (SSSR count). The Hall–Kier alpha value is -3.14. The molecule has 1 aliphatic rings. The number of primary amides is 1. The third-order valence-electron chi connectivity index (χ3n) is 5.95. The van der Waals surface area contributed by atoms with E-state index in [1.165, 1.54) is 18.4 Å². The van der Waals surface area contributed by atoms with Crippen LogP contribution in [0.1, 0.15) is 50.1 Å². The van der Waals surface area contributed by atoms with Crippen LogP contribution >= 0.6 is 35.2 Å². The number of carbonyl (C=O) groups is 2. The molecule has 1 heterocycles. The van der Waals surface area contributed by atoms with Gasteiger partial charge in [-0.25, -0.2) is 0 Å². The van der Waals surface area contributed by atoms with Gasteiger partial charge in [-0.2, -0.15) is 0 Å². The number of nitrogens with two attached hydrogens (primary N) is 1. The van der Waals surface area contributed by atoms with E-state index >= 15 is 0 Å². The molecule has 0 saturated carbocycles. The first kappa shape index (κ1) is 25.9. The third kappa shape index (κ3) is 5.98. The van der Waals surface area contributed by atoms with E-state index in [2.05, 4.69) is 17.6 Å². The van der Waals surface area contributed by atoms with Gasteiger partial charge in [0, 0.05) is 15.5 Å². The maximum absolute atomic E-state index is 12.9. The smallest absolute Gasteiger partial charge is 0.257 e. The zero-order chi connectivity index (χ0) is 25.8. The van der Waals surface area contributed by atoms with E-state index in [1.807, 2.05) is 12.1 Å². The normalized spacial score (nSPS) is 14.5. The Morgan fingerprint density at radius 3 is 2.64 bits per heavy atom. The fourth-order valence-corrected chi connectivity index (χ4v) is 5.88. The molecule has 4 N–H and O–H groups in total. The predicted molar refractivity (Wildman–Crippen MR) is 146 cm³/mol. The zero-order valence-corrected chi connectivity index (χ0v) is 22.2. The molecule has 1 aliphatic carbocycles. The lowest BCUT2D eigenvalue weighted by atomic mass is 9.88. The summed E-state index contributed by atoms with van der Waals surface area (Å²) in [5.41, 5.74) is 8.39. The number of fused-ring (bicyclic) bond motifs is 1. The number of thiophene rings is 1. The van der Waals surface area contributed by atoms with Crippen LogP contribution in [0.3, 0.4) is 0 Å². The van der Waals surface area contributed by atoms with Crippen molar-refractivity contribution in [3.63, 3.8) is 0 Å². The zero-order valence-electron chi connectivity index (χ0n) is 19.9. The van der Waals surface area contributed by atoms with Crippen molar-refractivity contribution in [3.05, 3.63) is 74.6 Å². The number of benzene rings is 2. The number of carbonyl (C=O) groups excluding carboxylic acids is 2. The molecule has 3 aromatic rings. The third-order valence-corrected chi connectivity index (χ3v) is 7.57. The second-order valence-corrected chi connectivity index (χ2v) is 10.6. The van der Waals surface area contributed by atoms with E-state index in [0.717, 1.165) is 35.3 Å². The average Bonchev–Trinajstić information content (AvgIpc) is 3.20. The number of anilines is 1. The lowest BCUT2D eigenvalue weighted by Gasteiger charge is -2.18. The minimum Gasteiger partial charge on any atom is -0.493 e. The molecule has 1 aromatic heterocycles. The van der Waals surface area contributed by atoms with Crippen molar-refractivity contribution in [3.8, 4) is 11.5 Å². The van der Waals surface area contributed by atoms with Crippen LogP contribution in [0.2, 0.25) is 5.02 Å². The Kier molecular flexibility index (Phi) is 8.13. The molecule has 0 saturated heterocycles. The number of ether oxygens (including phenoxy) is 2. The van der Waals surface area contributed by atoms with Crippen LogP contribution in [0.15, 0.2) is 42.5 Å². The van der Waals surface area contributed by atoms with Gasteiger partial charge in [0.15, 0.2) is 16.6 Å². The van der Waals surface area contributed by atoms with Gasteiger partial charge in [0.2, 0.25) is 0 Å². The molecule has 10 heteroatoms. The molecule has 2 aromatic carbocycles. The van der Waals surface area contributed by atoms with Crippen LogP contribution < -0.4 is 25.8 Å². The van der Waals surface area contributed by atoms with Crippen molar-refractivity contribution in [1.29, 1.82) is 0 Å². The van der Waals surface area contributed by atoms with Crippen LogP contribution in [0, 0.1) is 5.92 Å². The SMILES string of the molecule is COc1cc(C(=O)NC(=S)Nc2sc3c(c2C(N)=O)CC[C@@H](C)C3)ccc1OCc1ccc(Cl)cc1. The molecule has 0 bridgehead atoms. The maximum Gasteiger partial charge on any atom is 0.257 e. The van der Waals surface area contributed by atoms with Gasteiger partial charge in [-0.1, -0.05) is 30.7 Å². The molecule has 36 heavy (non-hydrogen) atoms. The van der Waals surface area contributed by atoms with Crippen molar-refractivity contribution in [2.24, 2.45) is 11.7 Å². The van der Waals surface area contributed by atoms with Crippen LogP contribution in [0.25, 0.3) is 0 Å². The summed E-state index contributed by atoms with van der Waals surface area (Å²) < 4.78 is 11.3. The van der Waals surface area contributed by atoms with Gasteiger partial charge in [-0.05, 0) is 78.9 Å². The molecule has 0 radical (unpaired) electrons. The molecular weight excluding hydrogens is 518 g/mol. The fourth-order valence-electron chi connectivity index (χ4n) is 4.08. The Morgan fingerprint density at radius 2 is 1.94 bits per heavy atom. The summed E-state index contributed by atoms with van der Waals surface area (Å²) in [5.74, 6) is 0.522. The van der Waals surface area contributed by atoms with Crippen molar-refractivity contribution in [2.45, 2.75) is 32.8 Å². The van der Waals surface area contributed by atoms with E-state index in [9.17, 15) is 9.59 Å².